The lowest BCUT2D eigenvalue weighted by molar-refractivity contribution is -0.113. The lowest BCUT2D eigenvalue weighted by Crippen LogP contribution is -2.27. The molecule has 0 saturated heterocycles. The molecule has 3 rings (SSSR count). The van der Waals surface area contributed by atoms with Gasteiger partial charge in [0.05, 0.1) is 0 Å². The Morgan fingerprint density at radius 3 is 3.00 bits per heavy atom. The van der Waals surface area contributed by atoms with Gasteiger partial charge in [-0.1, -0.05) is 30.6 Å². The molecule has 0 saturated carbocycles. The Morgan fingerprint density at radius 2 is 2.22 bits per heavy atom. The molecule has 7 nitrogen and oxygen atoms in total. The van der Waals surface area contributed by atoms with Crippen LogP contribution in [0.5, 0.6) is 0 Å². The number of carbonyl (C=O) groups is 1. The van der Waals surface area contributed by atoms with Crippen LogP contribution in [-0.2, 0) is 21.7 Å². The highest BCUT2D eigenvalue weighted by Gasteiger charge is 2.29. The van der Waals surface area contributed by atoms with Gasteiger partial charge in [-0.3, -0.25) is 4.79 Å². The Morgan fingerprint density at radius 1 is 1.44 bits per heavy atom. The summed E-state index contributed by atoms with van der Waals surface area (Å²) in [6.45, 7) is 2.04. The highest BCUT2D eigenvalue weighted by molar-refractivity contribution is 7.97. The van der Waals surface area contributed by atoms with Crippen molar-refractivity contribution >= 4 is 40.6 Å². The molecule has 9 heteroatoms. The summed E-state index contributed by atoms with van der Waals surface area (Å²) in [6, 6.07) is 8.88. The molecule has 1 aliphatic rings. The quantitative estimate of drug-likeness (QED) is 0.535. The summed E-state index contributed by atoms with van der Waals surface area (Å²) in [7, 11) is 1.71. The van der Waals surface area contributed by atoms with Crippen molar-refractivity contribution in [1.82, 2.24) is 9.46 Å². The molecule has 1 amide bonds. The molecule has 1 aromatic heterocycles. The van der Waals surface area contributed by atoms with Gasteiger partial charge in [-0.2, -0.15) is 0 Å². The van der Waals surface area contributed by atoms with E-state index in [0.29, 0.717) is 17.1 Å². The number of anilines is 1. The molecule has 2 heterocycles. The first-order valence-corrected chi connectivity index (χ1v) is 10.8. The number of rotatable bonds is 7. The first-order chi connectivity index (χ1) is 13.0. The number of hydrogen-bond donors (Lipinski definition) is 2. The molecule has 0 fully saturated rings. The van der Waals surface area contributed by atoms with Crippen molar-refractivity contribution in [3.8, 4) is 0 Å². The van der Waals surface area contributed by atoms with E-state index in [1.54, 1.807) is 29.6 Å². The van der Waals surface area contributed by atoms with Crippen LogP contribution in [0.1, 0.15) is 31.1 Å². The van der Waals surface area contributed by atoms with Gasteiger partial charge in [0.25, 0.3) is 5.91 Å². The van der Waals surface area contributed by atoms with Gasteiger partial charge in [0.2, 0.25) is 0 Å². The van der Waals surface area contributed by atoms with Crippen LogP contribution in [-0.4, -0.2) is 37.8 Å². The lowest BCUT2D eigenvalue weighted by Gasteiger charge is -2.27. The summed E-state index contributed by atoms with van der Waals surface area (Å²) in [5.41, 5.74) is 0.743. The second-order valence-corrected chi connectivity index (χ2v) is 8.80. The van der Waals surface area contributed by atoms with Gasteiger partial charge in [-0.15, -0.1) is 0 Å². The van der Waals surface area contributed by atoms with Crippen molar-refractivity contribution in [2.24, 2.45) is 0 Å². The second-order valence-electron chi connectivity index (χ2n) is 6.06. The molecule has 144 valence electrons. The van der Waals surface area contributed by atoms with Crippen molar-refractivity contribution in [1.29, 1.82) is 0 Å². The zero-order valence-electron chi connectivity index (χ0n) is 15.1. The Hall–Kier alpha value is -2.10. The number of aliphatic hydroxyl groups excluding tert-OH is 1. The molecule has 0 aliphatic carbocycles. The van der Waals surface area contributed by atoms with Crippen LogP contribution in [0.15, 0.2) is 45.4 Å². The fraction of sp³-hybridized carbons (Fsp3) is 0.333. The summed E-state index contributed by atoms with van der Waals surface area (Å²) in [5.74, 6) is 0.966. The maximum absolute atomic E-state index is 12.6. The Bertz CT molecular complexity index is 853. The molecule has 2 N–H and O–H groups in total. The Balaban J connectivity index is 1.71. The second kappa shape index (κ2) is 8.73. The van der Waals surface area contributed by atoms with Gasteiger partial charge in [-0.25, -0.2) is 0 Å². The van der Waals surface area contributed by atoms with Crippen LogP contribution in [0.3, 0.4) is 0 Å². The van der Waals surface area contributed by atoms with Crippen molar-refractivity contribution in [3.63, 3.8) is 0 Å². The zero-order valence-corrected chi connectivity index (χ0v) is 16.7. The molecule has 2 aromatic rings. The molecule has 0 radical (unpaired) electrons. The van der Waals surface area contributed by atoms with Crippen LogP contribution in [0.2, 0.25) is 0 Å². The van der Waals surface area contributed by atoms with Gasteiger partial charge in [0.15, 0.2) is 28.8 Å². The number of amides is 1. The van der Waals surface area contributed by atoms with Crippen molar-refractivity contribution in [2.45, 2.75) is 30.4 Å². The minimum Gasteiger partial charge on any atom is -0.616 e. The number of aliphatic hydroxyl groups is 1. The molecule has 27 heavy (non-hydrogen) atoms. The van der Waals surface area contributed by atoms with Crippen LogP contribution < -0.4 is 5.32 Å². The number of carbonyl (C=O) groups excluding carboxylic acids is 1. The van der Waals surface area contributed by atoms with Gasteiger partial charge in [0.1, 0.15) is 5.75 Å². The highest BCUT2D eigenvalue weighted by Crippen LogP contribution is 2.38. The first kappa shape index (κ1) is 19.7. The van der Waals surface area contributed by atoms with Crippen LogP contribution in [0.4, 0.5) is 5.82 Å². The number of nitrogens with zero attached hydrogens (tertiary/aromatic N) is 2. The predicted octanol–water partition coefficient (Wildman–Crippen LogP) is 3.54. The summed E-state index contributed by atoms with van der Waals surface area (Å²) in [6.07, 6.45) is 1.87. The van der Waals surface area contributed by atoms with E-state index < -0.39 is 17.1 Å². The van der Waals surface area contributed by atoms with Crippen LogP contribution >= 0.6 is 11.9 Å². The lowest BCUT2D eigenvalue weighted by atomic mass is 10.1. The van der Waals surface area contributed by atoms with E-state index in [1.165, 1.54) is 11.9 Å². The number of fused-ring (bicyclic) bond motifs is 1. The van der Waals surface area contributed by atoms with E-state index in [4.69, 9.17) is 4.52 Å². The normalized spacial score (nSPS) is 14.9. The van der Waals surface area contributed by atoms with Crippen molar-refractivity contribution in [2.75, 3.05) is 18.1 Å². The van der Waals surface area contributed by atoms with Gasteiger partial charge < -0.3 is 23.8 Å². The van der Waals surface area contributed by atoms with E-state index in [0.717, 1.165) is 17.7 Å². The summed E-state index contributed by atoms with van der Waals surface area (Å²) < 4.78 is 18.7. The summed E-state index contributed by atoms with van der Waals surface area (Å²) in [4.78, 5) is 13.5. The average Bonchev–Trinajstić information content (AvgIpc) is 3.06. The molecule has 1 aromatic carbocycles. The molecule has 1 atom stereocenters. The number of nitrogens with one attached hydrogen (secondary N) is 1. The molecule has 1 aliphatic heterocycles. The van der Waals surface area contributed by atoms with Gasteiger partial charge in [0, 0.05) is 23.6 Å². The van der Waals surface area contributed by atoms with Gasteiger partial charge in [-0.05, 0) is 41.7 Å². The van der Waals surface area contributed by atoms with E-state index >= 15 is 0 Å². The largest absolute Gasteiger partial charge is 0.616 e. The van der Waals surface area contributed by atoms with Crippen molar-refractivity contribution < 1.29 is 19.0 Å². The first-order valence-electron chi connectivity index (χ1n) is 8.55. The summed E-state index contributed by atoms with van der Waals surface area (Å²) >= 11 is 0.336. The number of unbranched alkanes of at least 4 members (excludes halogenated alkanes) is 1. The number of likely N-dealkylation sites (N-methyl/N-ethyl adjacent to an activating group) is 1. The Labute approximate surface area is 165 Å². The monoisotopic (exact) mass is 407 g/mol. The Kier molecular flexibility index (Phi) is 6.35. The van der Waals surface area contributed by atoms with E-state index in [1.807, 2.05) is 19.1 Å². The van der Waals surface area contributed by atoms with Crippen LogP contribution in [0.25, 0.3) is 5.76 Å². The number of hydrogen-bond acceptors (Lipinski definition) is 7. The SMILES string of the molecule is CCCC[S+]([O-])Cc1cc(NC(=O)C2=C(O)c3ccccc3SN2C)no1. The summed E-state index contributed by atoms with van der Waals surface area (Å²) in [5, 5.41) is 17.0. The van der Waals surface area contributed by atoms with Gasteiger partial charge >= 0.3 is 0 Å². The third-order valence-electron chi connectivity index (χ3n) is 3.96. The fourth-order valence-electron chi connectivity index (χ4n) is 2.61. The third-order valence-corrected chi connectivity index (χ3v) is 6.32. The molecule has 0 bridgehead atoms. The molecular weight excluding hydrogens is 386 g/mol. The zero-order chi connectivity index (χ0) is 19.4. The fourth-order valence-corrected chi connectivity index (χ4v) is 4.78. The predicted molar refractivity (Wildman–Crippen MR) is 106 cm³/mol. The van der Waals surface area contributed by atoms with Crippen LogP contribution in [0, 0.1) is 0 Å². The molecular formula is C18H21N3O4S2. The van der Waals surface area contributed by atoms with E-state index in [-0.39, 0.29) is 23.0 Å². The number of benzene rings is 1. The van der Waals surface area contributed by atoms with E-state index in [9.17, 15) is 14.5 Å². The standard InChI is InChI=1S/C18H21N3O4S2/c1-3-4-9-27(24)11-12-10-15(20-25-12)19-18(23)16-17(22)13-7-5-6-8-14(13)26-21(16)2/h5-8,10,22H,3-4,9,11H2,1-2H3,(H,19,20,23). The maximum Gasteiger partial charge on any atom is 0.277 e. The smallest absolute Gasteiger partial charge is 0.277 e. The third kappa shape index (κ3) is 4.60. The average molecular weight is 408 g/mol. The minimum atomic E-state index is -1.02. The molecule has 1 unspecified atom stereocenters. The highest BCUT2D eigenvalue weighted by atomic mass is 32.2. The molecule has 0 spiro atoms. The van der Waals surface area contributed by atoms with E-state index in [2.05, 4.69) is 10.5 Å². The minimum absolute atomic E-state index is 0.0891. The topological polar surface area (TPSA) is 102 Å². The van der Waals surface area contributed by atoms with Crippen molar-refractivity contribution in [3.05, 3.63) is 47.4 Å². The number of aromatic nitrogens is 1. The maximum atomic E-state index is 12.6.